The van der Waals surface area contributed by atoms with Gasteiger partial charge in [-0.3, -0.25) is 4.90 Å². The molecule has 2 fully saturated rings. The number of hydrogen-bond donors (Lipinski definition) is 1. The minimum absolute atomic E-state index is 0. The molecule has 2 aliphatic heterocycles. The molecule has 0 spiro atoms. The van der Waals surface area contributed by atoms with Crippen molar-refractivity contribution in [3.63, 3.8) is 0 Å². The van der Waals surface area contributed by atoms with Gasteiger partial charge in [0, 0.05) is 18.1 Å². The summed E-state index contributed by atoms with van der Waals surface area (Å²) in [7, 11) is 0. The Labute approximate surface area is 112 Å². The lowest BCUT2D eigenvalue weighted by molar-refractivity contribution is -0.166. The number of halogens is 5. The lowest BCUT2D eigenvalue weighted by Crippen LogP contribution is -2.57. The zero-order chi connectivity index (χ0) is 11.1. The van der Waals surface area contributed by atoms with E-state index in [-0.39, 0.29) is 42.9 Å². The van der Waals surface area contributed by atoms with Gasteiger partial charge in [0.15, 0.2) is 0 Å². The highest BCUT2D eigenvalue weighted by Crippen LogP contribution is 2.35. The van der Waals surface area contributed by atoms with E-state index >= 15 is 0 Å². The lowest BCUT2D eigenvalue weighted by Gasteiger charge is -2.48. The van der Waals surface area contributed by atoms with E-state index in [4.69, 9.17) is 5.73 Å². The van der Waals surface area contributed by atoms with Crippen LogP contribution in [-0.2, 0) is 0 Å². The maximum absolute atomic E-state index is 12.4. The largest absolute Gasteiger partial charge is 0.401 e. The first-order valence-corrected chi connectivity index (χ1v) is 5.54. The summed E-state index contributed by atoms with van der Waals surface area (Å²) < 4.78 is 37.1. The third kappa shape index (κ3) is 4.47. The van der Waals surface area contributed by atoms with Gasteiger partial charge in [-0.05, 0) is 25.7 Å². The Morgan fingerprint density at radius 2 is 1.53 bits per heavy atom. The number of alkyl halides is 3. The number of rotatable bonds is 1. The van der Waals surface area contributed by atoms with E-state index in [9.17, 15) is 13.2 Å². The van der Waals surface area contributed by atoms with Crippen molar-refractivity contribution >= 4 is 24.8 Å². The van der Waals surface area contributed by atoms with E-state index < -0.39 is 12.7 Å². The molecule has 7 heteroatoms. The van der Waals surface area contributed by atoms with Crippen molar-refractivity contribution in [2.75, 3.05) is 6.54 Å². The molecule has 2 nitrogen and oxygen atoms in total. The van der Waals surface area contributed by atoms with Gasteiger partial charge in [0.1, 0.15) is 0 Å². The van der Waals surface area contributed by atoms with Gasteiger partial charge in [0.25, 0.3) is 0 Å². The van der Waals surface area contributed by atoms with E-state index in [0.29, 0.717) is 0 Å². The molecule has 2 aliphatic rings. The smallest absolute Gasteiger partial charge is 0.328 e. The molecule has 2 rings (SSSR count). The molecule has 0 aliphatic carbocycles. The van der Waals surface area contributed by atoms with Crippen LogP contribution in [0, 0.1) is 0 Å². The highest BCUT2D eigenvalue weighted by atomic mass is 35.5. The SMILES string of the molecule is Cl.Cl.NC1C[C@H]2CCC[C@@H](C1)N2CC(F)(F)F. The second kappa shape index (κ2) is 6.45. The third-order valence-corrected chi connectivity index (χ3v) is 3.52. The molecule has 0 radical (unpaired) electrons. The van der Waals surface area contributed by atoms with Gasteiger partial charge in [-0.15, -0.1) is 24.8 Å². The van der Waals surface area contributed by atoms with Gasteiger partial charge < -0.3 is 5.73 Å². The molecule has 3 atom stereocenters. The van der Waals surface area contributed by atoms with Crippen molar-refractivity contribution in [2.24, 2.45) is 5.73 Å². The Balaban J connectivity index is 0.00000128. The normalized spacial score (nSPS) is 33.5. The van der Waals surface area contributed by atoms with E-state index in [2.05, 4.69) is 0 Å². The fraction of sp³-hybridized carbons (Fsp3) is 1.00. The Bertz CT molecular complexity index is 224. The molecule has 0 aromatic carbocycles. The molecule has 2 N–H and O–H groups in total. The minimum Gasteiger partial charge on any atom is -0.328 e. The molecule has 0 amide bonds. The molecule has 2 saturated heterocycles. The molecular formula is C10H19Cl2F3N2. The first-order chi connectivity index (χ1) is 6.96. The van der Waals surface area contributed by atoms with E-state index in [0.717, 1.165) is 32.1 Å². The van der Waals surface area contributed by atoms with Crippen molar-refractivity contribution in [3.05, 3.63) is 0 Å². The first kappa shape index (κ1) is 17.3. The van der Waals surface area contributed by atoms with Crippen LogP contribution in [0.2, 0.25) is 0 Å². The van der Waals surface area contributed by atoms with Gasteiger partial charge in [0.2, 0.25) is 0 Å². The topological polar surface area (TPSA) is 29.3 Å². The average molecular weight is 295 g/mol. The maximum atomic E-state index is 12.4. The van der Waals surface area contributed by atoms with Crippen molar-refractivity contribution in [2.45, 2.75) is 56.4 Å². The maximum Gasteiger partial charge on any atom is 0.401 e. The van der Waals surface area contributed by atoms with Crippen molar-refractivity contribution in [3.8, 4) is 0 Å². The van der Waals surface area contributed by atoms with Gasteiger partial charge >= 0.3 is 6.18 Å². The highest BCUT2D eigenvalue weighted by Gasteiger charge is 2.42. The summed E-state index contributed by atoms with van der Waals surface area (Å²) in [5, 5.41) is 0. The quantitative estimate of drug-likeness (QED) is 0.806. The predicted octanol–water partition coefficient (Wildman–Crippen LogP) is 2.74. The van der Waals surface area contributed by atoms with Crippen LogP contribution in [0.5, 0.6) is 0 Å². The molecular weight excluding hydrogens is 276 g/mol. The number of piperidine rings is 2. The summed E-state index contributed by atoms with van der Waals surface area (Å²) in [4.78, 5) is 1.63. The molecule has 0 aromatic heterocycles. The number of nitrogens with two attached hydrogens (primary N) is 1. The van der Waals surface area contributed by atoms with E-state index in [1.54, 1.807) is 4.90 Å². The van der Waals surface area contributed by atoms with Gasteiger partial charge in [-0.25, -0.2) is 0 Å². The average Bonchev–Trinajstić information content (AvgIpc) is 2.04. The highest BCUT2D eigenvalue weighted by molar-refractivity contribution is 5.85. The van der Waals surface area contributed by atoms with Crippen molar-refractivity contribution in [1.82, 2.24) is 4.90 Å². The summed E-state index contributed by atoms with van der Waals surface area (Å²) >= 11 is 0. The number of nitrogens with zero attached hydrogens (tertiary/aromatic N) is 1. The Hall–Kier alpha value is 0.290. The van der Waals surface area contributed by atoms with Crippen LogP contribution in [0.25, 0.3) is 0 Å². The summed E-state index contributed by atoms with van der Waals surface area (Å²) in [6.45, 7) is -0.755. The Kier molecular flexibility index (Phi) is 6.56. The van der Waals surface area contributed by atoms with E-state index in [1.165, 1.54) is 0 Å². The molecule has 17 heavy (non-hydrogen) atoms. The molecule has 104 valence electrons. The molecule has 2 heterocycles. The Morgan fingerprint density at radius 1 is 1.06 bits per heavy atom. The van der Waals surface area contributed by atoms with Crippen molar-refractivity contribution in [1.29, 1.82) is 0 Å². The fourth-order valence-electron chi connectivity index (χ4n) is 2.99. The van der Waals surface area contributed by atoms with Crippen molar-refractivity contribution < 1.29 is 13.2 Å². The van der Waals surface area contributed by atoms with Crippen LogP contribution in [0.15, 0.2) is 0 Å². The summed E-state index contributed by atoms with van der Waals surface area (Å²) in [6, 6.07) is 0.230. The second-order valence-electron chi connectivity index (χ2n) is 4.76. The third-order valence-electron chi connectivity index (χ3n) is 3.52. The van der Waals surface area contributed by atoms with Crippen LogP contribution in [0.1, 0.15) is 32.1 Å². The van der Waals surface area contributed by atoms with Crippen LogP contribution in [-0.4, -0.2) is 35.7 Å². The lowest BCUT2D eigenvalue weighted by atomic mass is 9.82. The zero-order valence-electron chi connectivity index (χ0n) is 9.45. The minimum atomic E-state index is -4.07. The van der Waals surface area contributed by atoms with Crippen LogP contribution < -0.4 is 5.73 Å². The molecule has 0 saturated carbocycles. The molecule has 2 bridgehead atoms. The van der Waals surface area contributed by atoms with E-state index in [1.807, 2.05) is 0 Å². The van der Waals surface area contributed by atoms with Gasteiger partial charge in [0.05, 0.1) is 6.54 Å². The van der Waals surface area contributed by atoms with Gasteiger partial charge in [-0.2, -0.15) is 13.2 Å². The summed E-state index contributed by atoms with van der Waals surface area (Å²) in [6.07, 6.45) is 0.186. The van der Waals surface area contributed by atoms with Gasteiger partial charge in [-0.1, -0.05) is 6.42 Å². The molecule has 0 aromatic rings. The fourth-order valence-corrected chi connectivity index (χ4v) is 2.99. The second-order valence-corrected chi connectivity index (χ2v) is 4.76. The monoisotopic (exact) mass is 294 g/mol. The number of hydrogen-bond acceptors (Lipinski definition) is 2. The summed E-state index contributed by atoms with van der Waals surface area (Å²) in [5.41, 5.74) is 5.84. The number of fused-ring (bicyclic) bond motifs is 2. The first-order valence-electron chi connectivity index (χ1n) is 5.54. The zero-order valence-corrected chi connectivity index (χ0v) is 11.1. The summed E-state index contributed by atoms with van der Waals surface area (Å²) in [5.74, 6) is 0. The van der Waals surface area contributed by atoms with Crippen LogP contribution in [0.4, 0.5) is 13.2 Å². The van der Waals surface area contributed by atoms with Crippen LogP contribution in [0.3, 0.4) is 0 Å². The predicted molar refractivity (Wildman–Crippen MR) is 65.9 cm³/mol. The molecule has 1 unspecified atom stereocenters. The van der Waals surface area contributed by atoms with Crippen LogP contribution >= 0.6 is 24.8 Å². The Morgan fingerprint density at radius 3 is 1.94 bits per heavy atom. The standard InChI is InChI=1S/C10H17F3N2.2ClH/c11-10(12,13)6-15-8-2-1-3-9(15)5-7(14)4-8;;/h7-9H,1-6,14H2;2*1H/t7?,8-,9+;;.